The first-order valence-electron chi connectivity index (χ1n) is 51.4. The fourth-order valence-corrected chi connectivity index (χ4v) is 24.1. The number of thioether (sulfide) groups is 4. The molecule has 40 heteroatoms. The molecule has 140 heavy (non-hydrogen) atoms. The Hall–Kier alpha value is -8.35. The molecule has 784 valence electrons. The van der Waals surface area contributed by atoms with Crippen molar-refractivity contribution in [2.24, 2.45) is 54.4 Å². The molecule has 8 aliphatic rings. The number of rotatable bonds is 71. The van der Waals surface area contributed by atoms with Crippen LogP contribution in [0.1, 0.15) is 311 Å². The molecule has 0 aromatic heterocycles. The van der Waals surface area contributed by atoms with Gasteiger partial charge < -0.3 is 111 Å². The van der Waals surface area contributed by atoms with Gasteiger partial charge in [-0.25, -0.2) is 29.6 Å². The number of anilines is 4. The molecule has 4 saturated heterocycles. The van der Waals surface area contributed by atoms with Crippen LogP contribution >= 0.6 is 47.0 Å². The number of hydrogen-bond acceptors (Lipinski definition) is 34. The van der Waals surface area contributed by atoms with Crippen molar-refractivity contribution in [2.45, 2.75) is 365 Å². The Morgan fingerprint density at radius 2 is 0.607 bits per heavy atom. The molecule has 2 aromatic carbocycles. The lowest BCUT2D eigenvalue weighted by Crippen LogP contribution is -2.38. The minimum atomic E-state index is -1.16. The number of carbonyl (C=O) groups is 11. The average molecular weight is 2030 g/mol. The highest BCUT2D eigenvalue weighted by Crippen LogP contribution is 2.40. The molecule has 12 atom stereocenters. The van der Waals surface area contributed by atoms with Crippen LogP contribution in [0.5, 0.6) is 0 Å². The number of carboxylic acids is 1. The van der Waals surface area contributed by atoms with E-state index in [1.54, 1.807) is 24.3 Å². The SMILES string of the molecule is CC(C)(C)OC(=O)NCCOCCOCCN.NC1=N[C@H]2[C@H](CS[C@H]2CCCCC(=O)CCCCCCC(=O)Nc2cc(NC(=O)CCCCCCC(=O)CCCC[C@@H]3SC[C@@H]4NC(N)=N[C@@H]43)cc(C(=O)O)c2)N1.NCCOCCOCCCC(=O)c1cc(NC(=O)CCCCCCC(=O)CCCC[C@@H]2SC[C@@H]3NC(N)=N[C@@H]32)cc(NC(=O)CCCCCCC(=O)CCCC[C@@H]2SC[C@@H]3NC(N)=N[C@@H]32)c1. The number of fused-ring (bicyclic) bond motifs is 4. The number of Topliss-reactive ketones (excluding diaryl/α,β-unsaturated/α-hetero) is 5. The molecule has 8 heterocycles. The third-order valence-electron chi connectivity index (χ3n) is 25.3. The maximum Gasteiger partial charge on any atom is 0.407 e. The van der Waals surface area contributed by atoms with Crippen molar-refractivity contribution in [3.63, 3.8) is 0 Å². The monoisotopic (exact) mass is 2030 g/mol. The highest BCUT2D eigenvalue weighted by atomic mass is 32.2. The van der Waals surface area contributed by atoms with Gasteiger partial charge in [-0.3, -0.25) is 43.2 Å². The van der Waals surface area contributed by atoms with Crippen LogP contribution in [0, 0.1) is 0 Å². The molecule has 5 amide bonds. The van der Waals surface area contributed by atoms with E-state index in [2.05, 4.69) is 67.8 Å². The summed E-state index contributed by atoms with van der Waals surface area (Å²) in [5, 5.41) is 38.5. The predicted molar refractivity (Wildman–Crippen MR) is 563 cm³/mol. The summed E-state index contributed by atoms with van der Waals surface area (Å²) in [6, 6.07) is 11.8. The summed E-state index contributed by atoms with van der Waals surface area (Å²) in [6.07, 6.45) is 30.8. The van der Waals surface area contributed by atoms with Crippen LogP contribution in [0.3, 0.4) is 0 Å². The largest absolute Gasteiger partial charge is 0.478 e. The van der Waals surface area contributed by atoms with Crippen LogP contribution in [0.2, 0.25) is 0 Å². The zero-order valence-electron chi connectivity index (χ0n) is 83.1. The third-order valence-corrected chi connectivity index (χ3v) is 31.3. The maximum atomic E-state index is 13.3. The lowest BCUT2D eigenvalue weighted by Gasteiger charge is -2.19. The van der Waals surface area contributed by atoms with E-state index in [-0.39, 0.29) is 90.0 Å². The number of nitrogens with one attached hydrogen (secondary N) is 9. The summed E-state index contributed by atoms with van der Waals surface area (Å²) in [7, 11) is 0. The summed E-state index contributed by atoms with van der Waals surface area (Å²) >= 11 is 7.79. The normalized spacial score (nSPS) is 21.0. The van der Waals surface area contributed by atoms with Crippen LogP contribution < -0.4 is 82.3 Å². The number of aliphatic imine (C=N–C) groups is 4. The van der Waals surface area contributed by atoms with Crippen molar-refractivity contribution >= 4 is 158 Å². The molecule has 10 rings (SSSR count). The molecule has 2 aromatic rings. The lowest BCUT2D eigenvalue weighted by molar-refractivity contribution is -0.120. The quantitative estimate of drug-likeness (QED) is 0.0216. The van der Waals surface area contributed by atoms with Crippen molar-refractivity contribution in [1.82, 2.24) is 26.6 Å². The van der Waals surface area contributed by atoms with Gasteiger partial charge in [-0.2, -0.15) is 47.0 Å². The van der Waals surface area contributed by atoms with Crippen molar-refractivity contribution in [1.29, 1.82) is 0 Å². The first-order valence-corrected chi connectivity index (χ1v) is 55.6. The van der Waals surface area contributed by atoms with Crippen LogP contribution in [0.15, 0.2) is 56.4 Å². The summed E-state index contributed by atoms with van der Waals surface area (Å²) < 4.78 is 26.3. The first kappa shape index (κ1) is 117. The van der Waals surface area contributed by atoms with Crippen LogP contribution in [-0.4, -0.2) is 264 Å². The number of unbranched alkanes of at least 4 members (excludes halogenated alkanes) is 16. The molecule has 0 spiro atoms. The number of ether oxygens (including phenoxy) is 5. The van der Waals surface area contributed by atoms with Crippen molar-refractivity contribution in [3.05, 3.63) is 47.5 Å². The Morgan fingerprint density at radius 3 is 0.886 bits per heavy atom. The third kappa shape index (κ3) is 47.5. The Labute approximate surface area is 845 Å². The zero-order chi connectivity index (χ0) is 101. The van der Waals surface area contributed by atoms with Crippen molar-refractivity contribution in [2.75, 3.05) is 117 Å². The van der Waals surface area contributed by atoms with Gasteiger partial charge in [-0.05, 0) is 166 Å². The molecule has 0 unspecified atom stereocenters. The Morgan fingerprint density at radius 1 is 0.343 bits per heavy atom. The van der Waals surface area contributed by atoms with Crippen LogP contribution in [0.4, 0.5) is 27.5 Å². The number of alkyl carbamates (subject to hydrolysis) is 1. The summed E-state index contributed by atoms with van der Waals surface area (Å²) in [5.74, 6) is 5.42. The molecule has 22 N–H and O–H groups in total. The number of benzene rings is 2. The van der Waals surface area contributed by atoms with E-state index in [9.17, 15) is 57.8 Å². The minimum absolute atomic E-state index is 0.0366. The molecule has 8 aliphatic heterocycles. The van der Waals surface area contributed by atoms with E-state index in [1.807, 2.05) is 67.8 Å². The number of hydrogen-bond donors (Lipinski definition) is 16. The number of carboxylic acid groups (broad SMARTS) is 1. The second-order valence-corrected chi connectivity index (χ2v) is 43.5. The molecule has 0 aliphatic carbocycles. The molecule has 0 saturated carbocycles. The highest BCUT2D eigenvalue weighted by Gasteiger charge is 2.44. The number of nitrogens with two attached hydrogens (primary N) is 6. The van der Waals surface area contributed by atoms with Crippen LogP contribution in [-0.2, 0) is 62.0 Å². The number of aromatic carboxylic acids is 1. The van der Waals surface area contributed by atoms with E-state index < -0.39 is 17.7 Å². The van der Waals surface area contributed by atoms with Gasteiger partial charge in [0.05, 0.1) is 100 Å². The maximum absolute atomic E-state index is 13.3. The molecule has 0 bridgehead atoms. The van der Waals surface area contributed by atoms with E-state index in [0.29, 0.717) is 278 Å². The highest BCUT2D eigenvalue weighted by molar-refractivity contribution is 8.01. The summed E-state index contributed by atoms with van der Waals surface area (Å²) in [5.41, 5.74) is 35.4. The zero-order valence-corrected chi connectivity index (χ0v) is 86.3. The second kappa shape index (κ2) is 66.6. The lowest BCUT2D eigenvalue weighted by atomic mass is 10.0. The van der Waals surface area contributed by atoms with Gasteiger partial charge in [0.25, 0.3) is 0 Å². The summed E-state index contributed by atoms with van der Waals surface area (Å²) in [4.78, 5) is 156. The van der Waals surface area contributed by atoms with Crippen molar-refractivity contribution in [3.8, 4) is 0 Å². The van der Waals surface area contributed by atoms with E-state index in [1.165, 1.54) is 12.1 Å². The molecule has 36 nitrogen and oxygen atoms in total. The van der Waals surface area contributed by atoms with Gasteiger partial charge in [-0.1, -0.05) is 77.0 Å². The first-order chi connectivity index (χ1) is 67.6. The number of nitrogens with zero attached hydrogens (tertiary/aromatic N) is 4. The second-order valence-electron chi connectivity index (χ2n) is 38.4. The topological polar surface area (TPSA) is 568 Å². The van der Waals surface area contributed by atoms with Gasteiger partial charge in [-0.15, -0.1) is 0 Å². The standard InChI is InChI=1S/C48H77N9O7S2.C41H62N8O6S2.C11H24N2O4/c49-23-25-64-27-26-63-24-13-18-40(60)33-28-34(52-43(61)21-7-3-1-5-14-36(58)16-9-11-19-41-45-38(31-65-41)54-47(50)56-45)30-35(29-33)53-44(62)22-8-4-2-6-15-37(59)17-10-12-20-42-46-39(32-66-42)55-48(51)57-46;42-40-46-31-24-56-33(37(31)48-40)17-11-9-15-29(50)13-5-1-3-7-19-35(52)44-27-21-26(39(54)55)22-28(23-27)45-36(53)20-8-4-2-6-14-30(51)16-10-12-18-34-38-32(25-57-34)47-41(43)49-38;1-11(2,3)17-10(14)13-5-7-16-9-8-15-6-4-12/h28-30,38-39,41-42,45-46H,1-27,31-32,49H2,(H,52,61)(H,53,62)(H3,50,54,56)(H3,51,55,57);21-23,31-34,37-38H,1-20,24-25H2,(H,44,52)(H,45,53)(H,54,55)(H3,42,46,48)(H3,43,47,49);4-9,12H2,1-3H3,(H,13,14)/t38-,39-,41-,42-,45-,46-;31-,32-,33-,34-,37-,38-;/m00./s1. The number of carbonyl (C=O) groups excluding carboxylic acids is 10. The van der Waals surface area contributed by atoms with Crippen LogP contribution in [0.25, 0.3) is 0 Å². The van der Waals surface area contributed by atoms with Gasteiger partial charge >= 0.3 is 12.1 Å². The molecular formula is C100H163N19O17S4. The van der Waals surface area contributed by atoms with E-state index in [4.69, 9.17) is 58.1 Å². The molecule has 0 radical (unpaired) electrons. The Kier molecular flexibility index (Phi) is 55.6. The Bertz CT molecular complexity index is 4110. The summed E-state index contributed by atoms with van der Waals surface area (Å²) in [6.45, 7) is 10.6. The Balaban J connectivity index is 0.000000296. The van der Waals surface area contributed by atoms with Gasteiger partial charge in [0.15, 0.2) is 29.6 Å². The van der Waals surface area contributed by atoms with E-state index in [0.717, 1.165) is 177 Å². The van der Waals surface area contributed by atoms with Gasteiger partial charge in [0.2, 0.25) is 23.6 Å². The predicted octanol–water partition coefficient (Wildman–Crippen LogP) is 12.2. The van der Waals surface area contributed by atoms with Gasteiger partial charge in [0.1, 0.15) is 28.7 Å². The molecule has 4 fully saturated rings. The van der Waals surface area contributed by atoms with Crippen molar-refractivity contribution < 1.29 is 81.5 Å². The average Bonchev–Trinajstić information content (AvgIpc) is 1.68. The fourth-order valence-electron chi connectivity index (χ4n) is 18.1. The molecular weight excluding hydrogens is 1870 g/mol. The number of guanidine groups is 4. The van der Waals surface area contributed by atoms with Gasteiger partial charge in [0, 0.05) is 182 Å². The minimum Gasteiger partial charge on any atom is -0.478 e. The van der Waals surface area contributed by atoms with E-state index >= 15 is 0 Å². The number of ketones is 5. The smallest absolute Gasteiger partial charge is 0.407 e. The number of amides is 5. The fraction of sp³-hybridized carbons (Fsp3) is 0.730.